The number of aliphatic hydroxyl groups is 1. The Balaban J connectivity index is 2.86. The summed E-state index contributed by atoms with van der Waals surface area (Å²) in [5.74, 6) is -1.11. The van der Waals surface area contributed by atoms with Crippen molar-refractivity contribution in [2.45, 2.75) is 18.7 Å². The van der Waals surface area contributed by atoms with Crippen LogP contribution in [-0.2, 0) is 10.0 Å². The molecule has 0 atom stereocenters. The Morgan fingerprint density at radius 3 is 2.21 bits per heavy atom. The van der Waals surface area contributed by atoms with Gasteiger partial charge in [-0.25, -0.2) is 17.9 Å². The van der Waals surface area contributed by atoms with Gasteiger partial charge < -0.3 is 10.2 Å². The maximum absolute atomic E-state index is 11.9. The highest BCUT2D eigenvalue weighted by Gasteiger charge is 2.21. The summed E-state index contributed by atoms with van der Waals surface area (Å²) in [5.41, 5.74) is -0.539. The minimum Gasteiger partial charge on any atom is -0.478 e. The summed E-state index contributed by atoms with van der Waals surface area (Å²) in [6.07, 6.45) is 0. The van der Waals surface area contributed by atoms with E-state index in [9.17, 15) is 13.2 Å². The summed E-state index contributed by atoms with van der Waals surface area (Å²) in [4.78, 5) is 10.7. The number of benzene rings is 1. The van der Waals surface area contributed by atoms with Gasteiger partial charge in [-0.2, -0.15) is 0 Å². The number of aromatic carboxylic acids is 1. The molecule has 0 spiro atoms. The Labute approximate surface area is 112 Å². The van der Waals surface area contributed by atoms with Gasteiger partial charge in [0, 0.05) is 18.6 Å². The van der Waals surface area contributed by atoms with Crippen molar-refractivity contribution in [3.05, 3.63) is 29.8 Å². The average molecular weight is 287 g/mol. The normalized spacial score (nSPS) is 12.4. The number of carboxylic acid groups (broad SMARTS) is 1. The molecular weight excluding hydrogens is 270 g/mol. The lowest BCUT2D eigenvalue weighted by atomic mass is 9.96. The van der Waals surface area contributed by atoms with E-state index in [0.29, 0.717) is 0 Å². The topological polar surface area (TPSA) is 104 Å². The number of rotatable bonds is 6. The van der Waals surface area contributed by atoms with Crippen molar-refractivity contribution < 1.29 is 23.4 Å². The van der Waals surface area contributed by atoms with Crippen LogP contribution >= 0.6 is 0 Å². The van der Waals surface area contributed by atoms with Crippen LogP contribution in [0, 0.1) is 5.41 Å². The first-order chi connectivity index (χ1) is 8.68. The molecule has 0 aliphatic carbocycles. The fraction of sp³-hybridized carbons (Fsp3) is 0.417. The fourth-order valence-electron chi connectivity index (χ4n) is 1.21. The third-order valence-electron chi connectivity index (χ3n) is 2.58. The van der Waals surface area contributed by atoms with Crippen molar-refractivity contribution >= 4 is 16.0 Å². The molecule has 0 fully saturated rings. The van der Waals surface area contributed by atoms with E-state index in [0.717, 1.165) is 0 Å². The van der Waals surface area contributed by atoms with Crippen molar-refractivity contribution in [2.24, 2.45) is 5.41 Å². The van der Waals surface area contributed by atoms with E-state index in [1.807, 2.05) is 0 Å². The van der Waals surface area contributed by atoms with E-state index in [2.05, 4.69) is 4.72 Å². The van der Waals surface area contributed by atoms with Crippen LogP contribution in [0.4, 0.5) is 0 Å². The summed E-state index contributed by atoms with van der Waals surface area (Å²) in [6.45, 7) is 3.39. The van der Waals surface area contributed by atoms with Gasteiger partial charge in [0.05, 0.1) is 10.5 Å². The second kappa shape index (κ2) is 5.68. The first-order valence-electron chi connectivity index (χ1n) is 5.62. The lowest BCUT2D eigenvalue weighted by Crippen LogP contribution is -2.36. The zero-order chi connectivity index (χ0) is 14.7. The molecule has 0 amide bonds. The largest absolute Gasteiger partial charge is 0.478 e. The molecule has 1 aromatic rings. The van der Waals surface area contributed by atoms with Crippen LogP contribution in [0.3, 0.4) is 0 Å². The Kier molecular flexibility index (Phi) is 4.67. The first kappa shape index (κ1) is 15.6. The molecule has 0 aromatic heterocycles. The molecule has 0 saturated heterocycles. The highest BCUT2D eigenvalue weighted by atomic mass is 32.2. The molecule has 0 radical (unpaired) electrons. The standard InChI is InChI=1S/C12H17NO5S/c1-12(2,8-14)7-13-19(17,18)10-5-3-9(4-6-10)11(15)16/h3-6,13-14H,7-8H2,1-2H3,(H,15,16). The number of carboxylic acids is 1. The molecule has 0 aliphatic rings. The third-order valence-corrected chi connectivity index (χ3v) is 4.00. The van der Waals surface area contributed by atoms with Crippen LogP contribution in [-0.4, -0.2) is 37.8 Å². The Morgan fingerprint density at radius 2 is 1.79 bits per heavy atom. The van der Waals surface area contributed by atoms with Crippen molar-refractivity contribution in [1.82, 2.24) is 4.72 Å². The number of sulfonamides is 1. The fourth-order valence-corrected chi connectivity index (χ4v) is 2.45. The van der Waals surface area contributed by atoms with Gasteiger partial charge in [0.25, 0.3) is 0 Å². The van der Waals surface area contributed by atoms with Crippen LogP contribution in [0.5, 0.6) is 0 Å². The predicted molar refractivity (Wildman–Crippen MR) is 69.5 cm³/mol. The first-order valence-corrected chi connectivity index (χ1v) is 7.10. The molecule has 1 aromatic carbocycles. The molecule has 7 heteroatoms. The highest BCUT2D eigenvalue weighted by Crippen LogP contribution is 2.15. The molecule has 0 saturated carbocycles. The summed E-state index contributed by atoms with van der Waals surface area (Å²) in [6, 6.07) is 4.93. The van der Waals surface area contributed by atoms with Gasteiger partial charge in [0.1, 0.15) is 0 Å². The van der Waals surface area contributed by atoms with Crippen molar-refractivity contribution in [2.75, 3.05) is 13.2 Å². The van der Waals surface area contributed by atoms with Crippen LogP contribution in [0.15, 0.2) is 29.2 Å². The molecule has 6 nitrogen and oxygen atoms in total. The molecule has 0 heterocycles. The maximum atomic E-state index is 11.9. The number of carbonyl (C=O) groups is 1. The van der Waals surface area contributed by atoms with Gasteiger partial charge in [-0.1, -0.05) is 13.8 Å². The quantitative estimate of drug-likeness (QED) is 0.714. The number of hydrogen-bond donors (Lipinski definition) is 3. The van der Waals surface area contributed by atoms with E-state index >= 15 is 0 Å². The highest BCUT2D eigenvalue weighted by molar-refractivity contribution is 7.89. The third kappa shape index (κ3) is 4.30. The SMILES string of the molecule is CC(C)(CO)CNS(=O)(=O)c1ccc(C(=O)O)cc1. The number of hydrogen-bond acceptors (Lipinski definition) is 4. The van der Waals surface area contributed by atoms with Gasteiger partial charge in [0.15, 0.2) is 0 Å². The maximum Gasteiger partial charge on any atom is 0.335 e. The Morgan fingerprint density at radius 1 is 1.26 bits per heavy atom. The second-order valence-corrected chi connectivity index (χ2v) is 6.74. The van der Waals surface area contributed by atoms with E-state index < -0.39 is 21.4 Å². The molecule has 0 aliphatic heterocycles. The zero-order valence-electron chi connectivity index (χ0n) is 10.8. The van der Waals surface area contributed by atoms with E-state index in [1.54, 1.807) is 13.8 Å². The molecule has 19 heavy (non-hydrogen) atoms. The van der Waals surface area contributed by atoms with Gasteiger partial charge in [-0.05, 0) is 24.3 Å². The minimum atomic E-state index is -3.70. The Bertz CT molecular complexity index is 548. The van der Waals surface area contributed by atoms with Crippen LogP contribution in [0.25, 0.3) is 0 Å². The number of aliphatic hydroxyl groups excluding tert-OH is 1. The number of nitrogens with one attached hydrogen (secondary N) is 1. The van der Waals surface area contributed by atoms with E-state index in [4.69, 9.17) is 10.2 Å². The minimum absolute atomic E-state index is 0.00811. The van der Waals surface area contributed by atoms with Crippen molar-refractivity contribution in [1.29, 1.82) is 0 Å². The summed E-state index contributed by atoms with van der Waals surface area (Å²) in [5, 5.41) is 17.8. The molecule has 106 valence electrons. The van der Waals surface area contributed by atoms with E-state index in [-0.39, 0.29) is 23.6 Å². The lowest BCUT2D eigenvalue weighted by molar-refractivity contribution is 0.0696. The monoisotopic (exact) mass is 287 g/mol. The van der Waals surface area contributed by atoms with Crippen molar-refractivity contribution in [3.8, 4) is 0 Å². The second-order valence-electron chi connectivity index (χ2n) is 4.98. The predicted octanol–water partition coefficient (Wildman–Crippen LogP) is 0.682. The van der Waals surface area contributed by atoms with Gasteiger partial charge in [0.2, 0.25) is 10.0 Å². The van der Waals surface area contributed by atoms with E-state index in [1.165, 1.54) is 24.3 Å². The van der Waals surface area contributed by atoms with Crippen LogP contribution in [0.2, 0.25) is 0 Å². The Hall–Kier alpha value is -1.44. The molecule has 3 N–H and O–H groups in total. The molecular formula is C12H17NO5S. The van der Waals surface area contributed by atoms with Gasteiger partial charge in [-0.15, -0.1) is 0 Å². The zero-order valence-corrected chi connectivity index (χ0v) is 11.6. The lowest BCUT2D eigenvalue weighted by Gasteiger charge is -2.21. The van der Waals surface area contributed by atoms with Crippen LogP contribution < -0.4 is 4.72 Å². The summed E-state index contributed by atoms with van der Waals surface area (Å²) < 4.78 is 26.3. The molecule has 1 rings (SSSR count). The van der Waals surface area contributed by atoms with Crippen LogP contribution in [0.1, 0.15) is 24.2 Å². The summed E-state index contributed by atoms with van der Waals surface area (Å²) >= 11 is 0. The molecule has 0 unspecified atom stereocenters. The average Bonchev–Trinajstić information content (AvgIpc) is 2.37. The van der Waals surface area contributed by atoms with Crippen molar-refractivity contribution in [3.63, 3.8) is 0 Å². The molecule has 0 bridgehead atoms. The van der Waals surface area contributed by atoms with Gasteiger partial charge >= 0.3 is 5.97 Å². The smallest absolute Gasteiger partial charge is 0.335 e. The summed E-state index contributed by atoms with van der Waals surface area (Å²) in [7, 11) is -3.70. The van der Waals surface area contributed by atoms with Gasteiger partial charge in [-0.3, -0.25) is 0 Å².